The van der Waals surface area contributed by atoms with E-state index in [4.69, 9.17) is 10.5 Å². The Morgan fingerprint density at radius 3 is 2.64 bits per heavy atom. The number of rotatable bonds is 6. The van der Waals surface area contributed by atoms with Gasteiger partial charge in [0.15, 0.2) is 5.13 Å². The number of carbonyl (C=O) groups excluding carboxylic acids is 1. The molecule has 2 aromatic heterocycles. The van der Waals surface area contributed by atoms with Crippen molar-refractivity contribution in [3.63, 3.8) is 0 Å². The van der Waals surface area contributed by atoms with E-state index in [1.165, 1.54) is 11.3 Å². The Balaban J connectivity index is 1.67. The van der Waals surface area contributed by atoms with Gasteiger partial charge in [-0.05, 0) is 50.1 Å². The van der Waals surface area contributed by atoms with Crippen LogP contribution in [0, 0.1) is 0 Å². The quantitative estimate of drug-likeness (QED) is 0.615. The number of esters is 1. The molecule has 0 saturated heterocycles. The maximum atomic E-state index is 11.8. The standard InChI is InChI=1S/C21H24N4O2S/c1-21(2,3)27-19(26)12-23-11-17-10-15(7-8-24-17)14-5-4-6-16(9-14)18-13-28-20(22)25-18/h4-10,13,23H,11-12H2,1-3H3,(H2,22,25). The van der Waals surface area contributed by atoms with Gasteiger partial charge in [0, 0.05) is 23.7 Å². The second-order valence-electron chi connectivity index (χ2n) is 7.38. The van der Waals surface area contributed by atoms with Crippen molar-refractivity contribution in [1.29, 1.82) is 0 Å². The third-order valence-corrected chi connectivity index (χ3v) is 4.50. The zero-order chi connectivity index (χ0) is 20.1. The smallest absolute Gasteiger partial charge is 0.320 e. The van der Waals surface area contributed by atoms with Crippen LogP contribution in [0.4, 0.5) is 5.13 Å². The largest absolute Gasteiger partial charge is 0.459 e. The molecule has 0 radical (unpaired) electrons. The fourth-order valence-corrected chi connectivity index (χ4v) is 3.28. The van der Waals surface area contributed by atoms with E-state index in [0.29, 0.717) is 11.7 Å². The second-order valence-corrected chi connectivity index (χ2v) is 8.27. The van der Waals surface area contributed by atoms with Crippen molar-refractivity contribution in [3.8, 4) is 22.4 Å². The summed E-state index contributed by atoms with van der Waals surface area (Å²) in [6.07, 6.45) is 1.77. The Kier molecular flexibility index (Phi) is 6.06. The minimum Gasteiger partial charge on any atom is -0.459 e. The van der Waals surface area contributed by atoms with E-state index in [1.807, 2.05) is 56.5 Å². The average molecular weight is 397 g/mol. The molecule has 0 spiro atoms. The van der Waals surface area contributed by atoms with Gasteiger partial charge >= 0.3 is 5.97 Å². The van der Waals surface area contributed by atoms with Gasteiger partial charge in [0.2, 0.25) is 0 Å². The Labute approximate surface area is 168 Å². The van der Waals surface area contributed by atoms with Crippen molar-refractivity contribution in [1.82, 2.24) is 15.3 Å². The second kappa shape index (κ2) is 8.50. The van der Waals surface area contributed by atoms with E-state index in [1.54, 1.807) is 6.20 Å². The summed E-state index contributed by atoms with van der Waals surface area (Å²) in [7, 11) is 0. The molecule has 3 aromatic rings. The van der Waals surface area contributed by atoms with Gasteiger partial charge in [-0.2, -0.15) is 0 Å². The molecule has 2 heterocycles. The first kappa shape index (κ1) is 20.0. The lowest BCUT2D eigenvalue weighted by atomic mass is 10.0. The maximum Gasteiger partial charge on any atom is 0.320 e. The molecule has 0 fully saturated rings. The normalized spacial score (nSPS) is 11.4. The summed E-state index contributed by atoms with van der Waals surface area (Å²) in [6.45, 7) is 6.18. The number of aromatic nitrogens is 2. The van der Waals surface area contributed by atoms with Crippen molar-refractivity contribution in [2.75, 3.05) is 12.3 Å². The molecule has 1 aromatic carbocycles. The highest BCUT2D eigenvalue weighted by Gasteiger charge is 2.15. The molecule has 28 heavy (non-hydrogen) atoms. The molecule has 0 aliphatic rings. The lowest BCUT2D eigenvalue weighted by Gasteiger charge is -2.19. The van der Waals surface area contributed by atoms with Crippen molar-refractivity contribution < 1.29 is 9.53 Å². The van der Waals surface area contributed by atoms with Crippen molar-refractivity contribution in [2.45, 2.75) is 32.9 Å². The van der Waals surface area contributed by atoms with Gasteiger partial charge in [-0.15, -0.1) is 11.3 Å². The van der Waals surface area contributed by atoms with Gasteiger partial charge in [0.25, 0.3) is 0 Å². The molecule has 6 nitrogen and oxygen atoms in total. The van der Waals surface area contributed by atoms with Crippen LogP contribution in [0.25, 0.3) is 22.4 Å². The highest BCUT2D eigenvalue weighted by Crippen LogP contribution is 2.28. The maximum absolute atomic E-state index is 11.8. The predicted octanol–water partition coefficient (Wildman–Crippen LogP) is 3.89. The molecule has 146 valence electrons. The number of ether oxygens (including phenoxy) is 1. The van der Waals surface area contributed by atoms with Crippen LogP contribution in [0.5, 0.6) is 0 Å². The summed E-state index contributed by atoms with van der Waals surface area (Å²) >= 11 is 1.43. The number of benzene rings is 1. The summed E-state index contributed by atoms with van der Waals surface area (Å²) in [6, 6.07) is 12.1. The third-order valence-electron chi connectivity index (χ3n) is 3.83. The first-order chi connectivity index (χ1) is 13.3. The molecular formula is C21H24N4O2S. The highest BCUT2D eigenvalue weighted by molar-refractivity contribution is 7.13. The van der Waals surface area contributed by atoms with E-state index in [0.717, 1.165) is 28.1 Å². The molecule has 3 N–H and O–H groups in total. The van der Waals surface area contributed by atoms with Crippen LogP contribution in [0.3, 0.4) is 0 Å². The number of nitrogens with two attached hydrogens (primary N) is 1. The Morgan fingerprint density at radius 1 is 1.18 bits per heavy atom. The number of hydrogen-bond donors (Lipinski definition) is 2. The number of nitrogens with zero attached hydrogens (tertiary/aromatic N) is 2. The van der Waals surface area contributed by atoms with Crippen LogP contribution in [-0.2, 0) is 16.1 Å². The van der Waals surface area contributed by atoms with Crippen molar-refractivity contribution >= 4 is 22.4 Å². The summed E-state index contributed by atoms with van der Waals surface area (Å²) in [5.41, 5.74) is 10.1. The van der Waals surface area contributed by atoms with Gasteiger partial charge < -0.3 is 15.8 Å². The topological polar surface area (TPSA) is 90.1 Å². The van der Waals surface area contributed by atoms with Gasteiger partial charge in [-0.3, -0.25) is 9.78 Å². The molecule has 0 atom stereocenters. The molecule has 0 aliphatic carbocycles. The van der Waals surface area contributed by atoms with E-state index in [2.05, 4.69) is 21.4 Å². The van der Waals surface area contributed by atoms with E-state index >= 15 is 0 Å². The summed E-state index contributed by atoms with van der Waals surface area (Å²) in [5, 5.41) is 5.59. The monoisotopic (exact) mass is 396 g/mol. The van der Waals surface area contributed by atoms with Gasteiger partial charge in [-0.25, -0.2) is 4.98 Å². The first-order valence-electron chi connectivity index (χ1n) is 8.99. The van der Waals surface area contributed by atoms with Crippen LogP contribution in [0.1, 0.15) is 26.5 Å². The SMILES string of the molecule is CC(C)(C)OC(=O)CNCc1cc(-c2cccc(-c3csc(N)n3)c2)ccn1. The minimum atomic E-state index is -0.482. The van der Waals surface area contributed by atoms with Crippen LogP contribution >= 0.6 is 11.3 Å². The Morgan fingerprint density at radius 2 is 1.93 bits per heavy atom. The molecule has 0 aliphatic heterocycles. The fraction of sp³-hybridized carbons (Fsp3) is 0.286. The molecule has 0 saturated carbocycles. The number of carbonyl (C=O) groups is 1. The van der Waals surface area contributed by atoms with Gasteiger partial charge in [-0.1, -0.05) is 18.2 Å². The Bertz CT molecular complexity index is 963. The van der Waals surface area contributed by atoms with Crippen molar-refractivity contribution in [2.24, 2.45) is 0 Å². The number of nitrogens with one attached hydrogen (secondary N) is 1. The minimum absolute atomic E-state index is 0.143. The van der Waals surface area contributed by atoms with E-state index in [-0.39, 0.29) is 12.5 Å². The highest BCUT2D eigenvalue weighted by atomic mass is 32.1. The lowest BCUT2D eigenvalue weighted by Crippen LogP contribution is -2.31. The zero-order valence-corrected chi connectivity index (χ0v) is 17.0. The molecule has 0 amide bonds. The summed E-state index contributed by atoms with van der Waals surface area (Å²) < 4.78 is 5.29. The molecule has 3 rings (SSSR count). The van der Waals surface area contributed by atoms with Crippen LogP contribution in [0.15, 0.2) is 48.0 Å². The fourth-order valence-electron chi connectivity index (χ4n) is 2.70. The number of nitrogen functional groups attached to an aromatic ring is 1. The molecule has 7 heteroatoms. The van der Waals surface area contributed by atoms with Gasteiger partial charge in [0.05, 0.1) is 17.9 Å². The molecule has 0 bridgehead atoms. The number of pyridine rings is 1. The van der Waals surface area contributed by atoms with Crippen LogP contribution in [0.2, 0.25) is 0 Å². The van der Waals surface area contributed by atoms with Crippen molar-refractivity contribution in [3.05, 3.63) is 53.7 Å². The predicted molar refractivity (Wildman–Crippen MR) is 113 cm³/mol. The summed E-state index contributed by atoms with van der Waals surface area (Å²) in [4.78, 5) is 20.5. The molecule has 0 unspecified atom stereocenters. The lowest BCUT2D eigenvalue weighted by molar-refractivity contribution is -0.153. The zero-order valence-electron chi connectivity index (χ0n) is 16.2. The van der Waals surface area contributed by atoms with E-state index in [9.17, 15) is 4.79 Å². The number of thiazole rings is 1. The average Bonchev–Trinajstić information content (AvgIpc) is 3.07. The molecular weight excluding hydrogens is 372 g/mol. The number of hydrogen-bond acceptors (Lipinski definition) is 7. The van der Waals surface area contributed by atoms with E-state index < -0.39 is 5.60 Å². The number of anilines is 1. The van der Waals surface area contributed by atoms with Crippen LogP contribution in [-0.4, -0.2) is 28.1 Å². The van der Waals surface area contributed by atoms with Crippen LogP contribution < -0.4 is 11.1 Å². The van der Waals surface area contributed by atoms with Gasteiger partial charge in [0.1, 0.15) is 5.60 Å². The first-order valence-corrected chi connectivity index (χ1v) is 9.87. The Hall–Kier alpha value is -2.77. The summed E-state index contributed by atoms with van der Waals surface area (Å²) in [5.74, 6) is -0.279. The third kappa shape index (κ3) is 5.61.